The molecule has 1 unspecified atom stereocenters. The fraction of sp³-hybridized carbons (Fsp3) is 0.889. The fourth-order valence-corrected chi connectivity index (χ4v) is 2.68. The summed E-state index contributed by atoms with van der Waals surface area (Å²) in [6, 6.07) is -0.0406. The maximum atomic E-state index is 12.1. The Morgan fingerprint density at radius 1 is 1.26 bits per heavy atom. The summed E-state index contributed by atoms with van der Waals surface area (Å²) in [6.45, 7) is 13.1. The van der Waals surface area contributed by atoms with Gasteiger partial charge in [0.15, 0.2) is 5.96 Å². The van der Waals surface area contributed by atoms with Gasteiger partial charge in [0.2, 0.25) is 0 Å². The van der Waals surface area contributed by atoms with Crippen LogP contribution in [0.2, 0.25) is 0 Å². The quantitative estimate of drug-likeness (QED) is 0.448. The van der Waals surface area contributed by atoms with Gasteiger partial charge in [0, 0.05) is 32.4 Å². The molecule has 0 spiro atoms. The van der Waals surface area contributed by atoms with Crippen molar-refractivity contribution in [3.63, 3.8) is 0 Å². The van der Waals surface area contributed by atoms with Crippen LogP contribution in [0.4, 0.5) is 4.79 Å². The molecule has 2 N–H and O–H groups in total. The molecule has 0 saturated heterocycles. The standard InChI is InChI=1S/C18H38N4O4S/c1-9-19-16(20-11-13-27(8,24)25)22(7)12-10-15(14(2)3)21-17(23)26-18(4,5)6/h14-15H,9-13H2,1-8H3,(H,19,20)(H,21,23). The molecular formula is C18H38N4O4S. The van der Waals surface area contributed by atoms with Gasteiger partial charge in [0.1, 0.15) is 15.4 Å². The normalized spacial score (nSPS) is 14.0. The molecule has 8 nitrogen and oxygen atoms in total. The number of alkyl carbamates (subject to hydrolysis) is 1. The molecule has 27 heavy (non-hydrogen) atoms. The van der Waals surface area contributed by atoms with E-state index in [9.17, 15) is 13.2 Å². The lowest BCUT2D eigenvalue weighted by Crippen LogP contribution is -2.45. The van der Waals surface area contributed by atoms with E-state index in [1.165, 1.54) is 6.26 Å². The third kappa shape index (κ3) is 13.3. The first-order valence-corrected chi connectivity index (χ1v) is 11.5. The van der Waals surface area contributed by atoms with E-state index < -0.39 is 21.5 Å². The first-order chi connectivity index (χ1) is 12.2. The van der Waals surface area contributed by atoms with Crippen molar-refractivity contribution >= 4 is 21.9 Å². The molecule has 0 heterocycles. The maximum Gasteiger partial charge on any atom is 0.407 e. The van der Waals surface area contributed by atoms with E-state index in [1.54, 1.807) is 0 Å². The van der Waals surface area contributed by atoms with Gasteiger partial charge in [-0.05, 0) is 40.0 Å². The summed E-state index contributed by atoms with van der Waals surface area (Å²) < 4.78 is 27.9. The number of amides is 1. The molecule has 0 saturated carbocycles. The summed E-state index contributed by atoms with van der Waals surface area (Å²) in [4.78, 5) is 18.4. The van der Waals surface area contributed by atoms with Gasteiger partial charge in [0.25, 0.3) is 0 Å². The SMILES string of the molecule is CCNC(=NCCS(C)(=O)=O)N(C)CCC(NC(=O)OC(C)(C)C)C(C)C. The average molecular weight is 407 g/mol. The van der Waals surface area contributed by atoms with Crippen LogP contribution in [-0.4, -0.2) is 75.7 Å². The number of hydrogen-bond donors (Lipinski definition) is 2. The number of sulfone groups is 1. The summed E-state index contributed by atoms with van der Waals surface area (Å²) >= 11 is 0. The summed E-state index contributed by atoms with van der Waals surface area (Å²) in [7, 11) is -1.15. The molecule has 9 heteroatoms. The Morgan fingerprint density at radius 3 is 2.30 bits per heavy atom. The van der Waals surface area contributed by atoms with Gasteiger partial charge in [-0.2, -0.15) is 0 Å². The predicted molar refractivity (Wildman–Crippen MR) is 111 cm³/mol. The molecular weight excluding hydrogens is 368 g/mol. The van der Waals surface area contributed by atoms with Gasteiger partial charge in [-0.1, -0.05) is 13.8 Å². The highest BCUT2D eigenvalue weighted by Crippen LogP contribution is 2.11. The molecule has 1 atom stereocenters. The first kappa shape index (κ1) is 25.5. The lowest BCUT2D eigenvalue weighted by atomic mass is 10.0. The average Bonchev–Trinajstić information content (AvgIpc) is 2.46. The molecule has 0 bridgehead atoms. The van der Waals surface area contributed by atoms with Crippen molar-refractivity contribution < 1.29 is 17.9 Å². The van der Waals surface area contributed by atoms with Crippen LogP contribution in [-0.2, 0) is 14.6 Å². The van der Waals surface area contributed by atoms with E-state index in [2.05, 4.69) is 15.6 Å². The molecule has 0 aromatic rings. The summed E-state index contributed by atoms with van der Waals surface area (Å²) in [5.74, 6) is 0.918. The Bertz CT molecular complexity index is 583. The molecule has 0 aliphatic rings. The smallest absolute Gasteiger partial charge is 0.407 e. The van der Waals surface area contributed by atoms with E-state index in [-0.39, 0.29) is 24.3 Å². The van der Waals surface area contributed by atoms with E-state index >= 15 is 0 Å². The molecule has 0 rings (SSSR count). The number of rotatable bonds is 9. The number of carbonyl (C=O) groups is 1. The van der Waals surface area contributed by atoms with Gasteiger partial charge < -0.3 is 20.3 Å². The number of nitrogens with zero attached hydrogens (tertiary/aromatic N) is 2. The van der Waals surface area contributed by atoms with Crippen molar-refractivity contribution in [2.75, 3.05) is 38.7 Å². The topological polar surface area (TPSA) is 100 Å². The highest BCUT2D eigenvalue weighted by atomic mass is 32.2. The minimum atomic E-state index is -3.04. The third-order valence-corrected chi connectivity index (χ3v) is 4.63. The van der Waals surface area contributed by atoms with Crippen LogP contribution in [0.1, 0.15) is 48.0 Å². The molecule has 0 aromatic carbocycles. The van der Waals surface area contributed by atoms with Crippen LogP contribution in [0.15, 0.2) is 4.99 Å². The maximum absolute atomic E-state index is 12.1. The zero-order chi connectivity index (χ0) is 21.3. The second-order valence-electron chi connectivity index (χ2n) is 8.07. The Hall–Kier alpha value is -1.51. The summed E-state index contributed by atoms with van der Waals surface area (Å²) in [6.07, 6.45) is 1.50. The second kappa shape index (κ2) is 11.4. The lowest BCUT2D eigenvalue weighted by molar-refractivity contribution is 0.0486. The van der Waals surface area contributed by atoms with Gasteiger partial charge in [-0.15, -0.1) is 0 Å². The molecule has 0 radical (unpaired) electrons. The predicted octanol–water partition coefficient (Wildman–Crippen LogP) is 1.87. The van der Waals surface area contributed by atoms with E-state index in [0.717, 1.165) is 0 Å². The summed E-state index contributed by atoms with van der Waals surface area (Å²) in [5, 5.41) is 6.10. The highest BCUT2D eigenvalue weighted by molar-refractivity contribution is 7.90. The van der Waals surface area contributed by atoms with E-state index in [4.69, 9.17) is 4.74 Å². The second-order valence-corrected chi connectivity index (χ2v) is 10.3. The molecule has 1 amide bonds. The van der Waals surface area contributed by atoms with Crippen LogP contribution >= 0.6 is 0 Å². The van der Waals surface area contributed by atoms with Crippen LogP contribution in [0.5, 0.6) is 0 Å². The van der Waals surface area contributed by atoms with Crippen LogP contribution in [0, 0.1) is 5.92 Å². The van der Waals surface area contributed by atoms with Crippen molar-refractivity contribution in [2.45, 2.75) is 59.6 Å². The monoisotopic (exact) mass is 406 g/mol. The van der Waals surface area contributed by atoms with Crippen LogP contribution < -0.4 is 10.6 Å². The Kier molecular flexibility index (Phi) is 10.7. The van der Waals surface area contributed by atoms with Crippen molar-refractivity contribution in [2.24, 2.45) is 10.9 Å². The minimum absolute atomic E-state index is 0.0184. The van der Waals surface area contributed by atoms with Gasteiger partial charge in [-0.25, -0.2) is 13.2 Å². The van der Waals surface area contributed by atoms with Crippen molar-refractivity contribution in [1.29, 1.82) is 0 Å². The number of guanidine groups is 1. The zero-order valence-electron chi connectivity index (χ0n) is 18.1. The third-order valence-electron chi connectivity index (χ3n) is 3.70. The van der Waals surface area contributed by atoms with Crippen LogP contribution in [0.25, 0.3) is 0 Å². The van der Waals surface area contributed by atoms with Crippen molar-refractivity contribution in [3.8, 4) is 0 Å². The number of hydrogen-bond acceptors (Lipinski definition) is 5. The van der Waals surface area contributed by atoms with Crippen molar-refractivity contribution in [1.82, 2.24) is 15.5 Å². The highest BCUT2D eigenvalue weighted by Gasteiger charge is 2.22. The fourth-order valence-electron chi connectivity index (χ4n) is 2.26. The van der Waals surface area contributed by atoms with Gasteiger partial charge in [-0.3, -0.25) is 4.99 Å². The molecule has 0 aliphatic carbocycles. The van der Waals surface area contributed by atoms with E-state index in [1.807, 2.05) is 53.5 Å². The Labute approximate surface area is 165 Å². The molecule has 0 aromatic heterocycles. The van der Waals surface area contributed by atoms with Gasteiger partial charge in [0.05, 0.1) is 12.3 Å². The molecule has 0 aliphatic heterocycles. The lowest BCUT2D eigenvalue weighted by Gasteiger charge is -2.28. The number of carbonyl (C=O) groups excluding carboxylic acids is 1. The summed E-state index contributed by atoms with van der Waals surface area (Å²) in [5.41, 5.74) is -0.535. The van der Waals surface area contributed by atoms with Gasteiger partial charge >= 0.3 is 6.09 Å². The molecule has 160 valence electrons. The Balaban J connectivity index is 4.81. The van der Waals surface area contributed by atoms with E-state index in [0.29, 0.717) is 25.5 Å². The van der Waals surface area contributed by atoms with Crippen molar-refractivity contribution in [3.05, 3.63) is 0 Å². The number of ether oxygens (including phenoxy) is 1. The van der Waals surface area contributed by atoms with Crippen LogP contribution in [0.3, 0.4) is 0 Å². The first-order valence-electron chi connectivity index (χ1n) is 9.42. The minimum Gasteiger partial charge on any atom is -0.444 e. The zero-order valence-corrected chi connectivity index (χ0v) is 18.9. The molecule has 0 fully saturated rings. The number of nitrogens with one attached hydrogen (secondary N) is 2. The number of aliphatic imine (C=N–C) groups is 1. The Morgan fingerprint density at radius 2 is 1.85 bits per heavy atom. The largest absolute Gasteiger partial charge is 0.444 e.